The van der Waals surface area contributed by atoms with Gasteiger partial charge in [-0.25, -0.2) is 8.42 Å². The fourth-order valence-corrected chi connectivity index (χ4v) is 6.09. The largest absolute Gasteiger partial charge is 0.332 e. The lowest BCUT2D eigenvalue weighted by atomic mass is 10.0. The van der Waals surface area contributed by atoms with Crippen molar-refractivity contribution in [2.24, 2.45) is 0 Å². The van der Waals surface area contributed by atoms with Crippen molar-refractivity contribution >= 4 is 27.1 Å². The third-order valence-electron chi connectivity index (χ3n) is 4.46. The Morgan fingerprint density at radius 3 is 2.71 bits per heavy atom. The average Bonchev–Trinajstić information content (AvgIpc) is 3.02. The Morgan fingerprint density at radius 1 is 1.33 bits per heavy atom. The summed E-state index contributed by atoms with van der Waals surface area (Å²) in [6.07, 6.45) is 0.918. The lowest BCUT2D eigenvalue weighted by Gasteiger charge is -2.42. The smallest absolute Gasteiger partial charge is 0.255 e. The second-order valence-corrected chi connectivity index (χ2v) is 9.00. The molecule has 0 radical (unpaired) electrons. The number of carbonyl (C=O) groups excluding carboxylic acids is 1. The quantitative estimate of drug-likeness (QED) is 0.808. The van der Waals surface area contributed by atoms with Crippen LogP contribution in [0.4, 0.5) is 0 Å². The summed E-state index contributed by atoms with van der Waals surface area (Å²) in [7, 11) is -1.10. The second-order valence-electron chi connectivity index (χ2n) is 5.85. The number of aryl methyl sites for hydroxylation is 1. The zero-order chi connectivity index (χ0) is 15.2. The Kier molecular flexibility index (Phi) is 3.83. The molecule has 2 atom stereocenters. The summed E-state index contributed by atoms with van der Waals surface area (Å²) >= 11 is 1.59. The van der Waals surface area contributed by atoms with Gasteiger partial charge in [-0.2, -0.15) is 0 Å². The fraction of sp³-hybridized carbons (Fsp3) is 0.643. The molecule has 1 amide bonds. The number of hydrogen-bond acceptors (Lipinski definition) is 5. The maximum absolute atomic E-state index is 12.7. The van der Waals surface area contributed by atoms with Crippen LogP contribution in [0.1, 0.15) is 22.2 Å². The molecule has 0 bridgehead atoms. The monoisotopic (exact) mass is 328 g/mol. The van der Waals surface area contributed by atoms with Crippen molar-refractivity contribution in [1.82, 2.24) is 9.80 Å². The van der Waals surface area contributed by atoms with E-state index in [1.807, 2.05) is 18.5 Å². The summed E-state index contributed by atoms with van der Waals surface area (Å²) in [6, 6.07) is 1.67. The van der Waals surface area contributed by atoms with Gasteiger partial charge in [0, 0.05) is 29.4 Å². The van der Waals surface area contributed by atoms with Gasteiger partial charge in [0.15, 0.2) is 9.84 Å². The van der Waals surface area contributed by atoms with Crippen LogP contribution in [0.15, 0.2) is 11.4 Å². The Bertz CT molecular complexity index is 653. The maximum atomic E-state index is 12.7. The van der Waals surface area contributed by atoms with Crippen molar-refractivity contribution < 1.29 is 13.2 Å². The van der Waals surface area contributed by atoms with E-state index >= 15 is 0 Å². The molecular weight excluding hydrogens is 308 g/mol. The number of rotatable bonds is 2. The molecule has 21 heavy (non-hydrogen) atoms. The van der Waals surface area contributed by atoms with Crippen LogP contribution in [0, 0.1) is 0 Å². The number of carbonyl (C=O) groups is 1. The zero-order valence-electron chi connectivity index (χ0n) is 12.3. The Morgan fingerprint density at radius 2 is 2.05 bits per heavy atom. The van der Waals surface area contributed by atoms with Crippen LogP contribution in [-0.2, 0) is 16.3 Å². The molecule has 2 unspecified atom stereocenters. The fourth-order valence-electron chi connectivity index (χ4n) is 3.22. The summed E-state index contributed by atoms with van der Waals surface area (Å²) in [6.45, 7) is 3.39. The van der Waals surface area contributed by atoms with E-state index < -0.39 is 9.84 Å². The highest BCUT2D eigenvalue weighted by Crippen LogP contribution is 2.28. The summed E-state index contributed by atoms with van der Waals surface area (Å²) in [5.74, 6) is 0.242. The van der Waals surface area contributed by atoms with Gasteiger partial charge in [0.25, 0.3) is 5.91 Å². The molecule has 0 aliphatic carbocycles. The van der Waals surface area contributed by atoms with Crippen LogP contribution >= 0.6 is 11.3 Å². The molecular formula is C14H20N2O3S2. The van der Waals surface area contributed by atoms with Crippen LogP contribution in [0.5, 0.6) is 0 Å². The van der Waals surface area contributed by atoms with Crippen molar-refractivity contribution in [2.45, 2.75) is 25.4 Å². The molecule has 116 valence electrons. The molecule has 0 saturated carbocycles. The van der Waals surface area contributed by atoms with Crippen LogP contribution < -0.4 is 0 Å². The average molecular weight is 328 g/mol. The maximum Gasteiger partial charge on any atom is 0.255 e. The minimum Gasteiger partial charge on any atom is -0.332 e. The Labute approximate surface area is 129 Å². The van der Waals surface area contributed by atoms with E-state index in [2.05, 4.69) is 11.8 Å². The highest BCUT2D eigenvalue weighted by Gasteiger charge is 2.47. The molecule has 0 spiro atoms. The molecule has 3 heterocycles. The van der Waals surface area contributed by atoms with Crippen molar-refractivity contribution in [3.63, 3.8) is 0 Å². The summed E-state index contributed by atoms with van der Waals surface area (Å²) in [4.78, 5) is 17.7. The summed E-state index contributed by atoms with van der Waals surface area (Å²) in [5, 5.41) is 1.89. The van der Waals surface area contributed by atoms with Crippen LogP contribution in [0.3, 0.4) is 0 Å². The number of thiophene rings is 1. The molecule has 3 rings (SSSR count). The molecule has 1 aromatic rings. The van der Waals surface area contributed by atoms with Gasteiger partial charge in [-0.1, -0.05) is 6.92 Å². The van der Waals surface area contributed by atoms with Gasteiger partial charge >= 0.3 is 0 Å². The molecule has 0 aromatic carbocycles. The third-order valence-corrected chi connectivity index (χ3v) is 7.24. The molecule has 7 heteroatoms. The number of likely N-dealkylation sites (N-methyl/N-ethyl adjacent to an activating group) is 1. The number of piperazine rings is 1. The van der Waals surface area contributed by atoms with Gasteiger partial charge < -0.3 is 4.90 Å². The Balaban J connectivity index is 1.86. The molecule has 1 aromatic heterocycles. The van der Waals surface area contributed by atoms with E-state index in [-0.39, 0.29) is 29.5 Å². The lowest BCUT2D eigenvalue weighted by molar-refractivity contribution is 0.0410. The minimum atomic E-state index is -3.04. The number of sulfone groups is 1. The van der Waals surface area contributed by atoms with Gasteiger partial charge in [-0.3, -0.25) is 9.69 Å². The second kappa shape index (κ2) is 5.37. The van der Waals surface area contributed by atoms with E-state index in [1.165, 1.54) is 4.88 Å². The van der Waals surface area contributed by atoms with Gasteiger partial charge in [0.05, 0.1) is 23.1 Å². The SMILES string of the molecule is CCc1cc(C(=O)N2CCN(C)C3CS(=O)(=O)CC32)cs1. The minimum absolute atomic E-state index is 0.0221. The first-order chi connectivity index (χ1) is 9.91. The number of fused-ring (bicyclic) bond motifs is 1. The molecule has 5 nitrogen and oxygen atoms in total. The molecule has 2 saturated heterocycles. The summed E-state index contributed by atoms with van der Waals surface area (Å²) in [5.41, 5.74) is 0.699. The number of amides is 1. The van der Waals surface area contributed by atoms with E-state index in [4.69, 9.17) is 0 Å². The predicted octanol–water partition coefficient (Wildman–Crippen LogP) is 0.864. The van der Waals surface area contributed by atoms with Crippen LogP contribution in [0.2, 0.25) is 0 Å². The van der Waals surface area contributed by atoms with E-state index in [0.717, 1.165) is 13.0 Å². The standard InChI is InChI=1S/C14H20N2O3S2/c1-3-11-6-10(7-20-11)14(17)16-5-4-15(2)12-8-21(18,19)9-13(12)16/h6-7,12-13H,3-5,8-9H2,1-2H3. The molecule has 2 aliphatic heterocycles. The normalized spacial score (nSPS) is 28.6. The van der Waals surface area contributed by atoms with Crippen molar-refractivity contribution in [2.75, 3.05) is 31.6 Å². The van der Waals surface area contributed by atoms with Crippen molar-refractivity contribution in [3.05, 3.63) is 21.9 Å². The van der Waals surface area contributed by atoms with E-state index in [0.29, 0.717) is 12.1 Å². The van der Waals surface area contributed by atoms with E-state index in [1.54, 1.807) is 16.2 Å². The zero-order valence-corrected chi connectivity index (χ0v) is 13.9. The molecule has 2 aliphatic rings. The predicted molar refractivity (Wildman–Crippen MR) is 83.6 cm³/mol. The van der Waals surface area contributed by atoms with Gasteiger partial charge in [0.1, 0.15) is 0 Å². The van der Waals surface area contributed by atoms with E-state index in [9.17, 15) is 13.2 Å². The Hall–Kier alpha value is -0.920. The van der Waals surface area contributed by atoms with Crippen LogP contribution in [-0.4, -0.2) is 67.9 Å². The van der Waals surface area contributed by atoms with Gasteiger partial charge in [-0.15, -0.1) is 11.3 Å². The highest BCUT2D eigenvalue weighted by molar-refractivity contribution is 7.91. The van der Waals surface area contributed by atoms with Gasteiger partial charge in [-0.05, 0) is 19.5 Å². The summed E-state index contributed by atoms with van der Waals surface area (Å²) < 4.78 is 23.9. The number of nitrogens with zero attached hydrogens (tertiary/aromatic N) is 2. The topological polar surface area (TPSA) is 57.7 Å². The van der Waals surface area contributed by atoms with Gasteiger partial charge in [0.2, 0.25) is 0 Å². The number of hydrogen-bond donors (Lipinski definition) is 0. The first-order valence-electron chi connectivity index (χ1n) is 7.20. The van der Waals surface area contributed by atoms with Crippen LogP contribution in [0.25, 0.3) is 0 Å². The highest BCUT2D eigenvalue weighted by atomic mass is 32.2. The first-order valence-corrected chi connectivity index (χ1v) is 9.90. The molecule has 0 N–H and O–H groups in total. The lowest BCUT2D eigenvalue weighted by Crippen LogP contribution is -2.59. The van der Waals surface area contributed by atoms with Crippen molar-refractivity contribution in [3.8, 4) is 0 Å². The third kappa shape index (κ3) is 2.74. The molecule has 2 fully saturated rings. The first kappa shape index (κ1) is 15.0. The van der Waals surface area contributed by atoms with Crippen molar-refractivity contribution in [1.29, 1.82) is 0 Å².